The van der Waals surface area contributed by atoms with E-state index in [0.29, 0.717) is 18.7 Å². The topological polar surface area (TPSA) is 78.3 Å². The SMILES string of the molecule is COc1cccc(OCCCn2c(C(C)NC(=O)c3cccnc3)nc3ccccc32)c1. The van der Waals surface area contributed by atoms with Crippen LogP contribution in [0.5, 0.6) is 11.5 Å². The molecule has 1 atom stereocenters. The van der Waals surface area contributed by atoms with E-state index < -0.39 is 0 Å². The summed E-state index contributed by atoms with van der Waals surface area (Å²) < 4.78 is 13.3. The van der Waals surface area contributed by atoms with Gasteiger partial charge in [0.15, 0.2) is 0 Å². The van der Waals surface area contributed by atoms with Gasteiger partial charge in [-0.05, 0) is 49.7 Å². The minimum atomic E-state index is -0.269. The molecule has 0 fully saturated rings. The molecule has 0 aliphatic rings. The van der Waals surface area contributed by atoms with Crippen LogP contribution in [0.4, 0.5) is 0 Å². The second-order valence-electron chi connectivity index (χ2n) is 7.43. The molecule has 4 rings (SSSR count). The van der Waals surface area contributed by atoms with Crippen molar-refractivity contribution in [1.29, 1.82) is 0 Å². The van der Waals surface area contributed by atoms with Gasteiger partial charge in [0.1, 0.15) is 17.3 Å². The molecule has 7 heteroatoms. The Labute approximate surface area is 187 Å². The lowest BCUT2D eigenvalue weighted by Crippen LogP contribution is -2.29. The van der Waals surface area contributed by atoms with Gasteiger partial charge in [0.2, 0.25) is 0 Å². The molecule has 0 spiro atoms. The Morgan fingerprint density at radius 2 is 1.94 bits per heavy atom. The van der Waals surface area contributed by atoms with Gasteiger partial charge < -0.3 is 19.4 Å². The summed E-state index contributed by atoms with van der Waals surface area (Å²) in [6.45, 7) is 3.21. The molecule has 0 saturated carbocycles. The first-order valence-electron chi connectivity index (χ1n) is 10.6. The van der Waals surface area contributed by atoms with E-state index in [4.69, 9.17) is 14.5 Å². The van der Waals surface area contributed by atoms with E-state index in [9.17, 15) is 4.79 Å². The number of rotatable bonds is 9. The molecule has 1 N–H and O–H groups in total. The average Bonchev–Trinajstić information content (AvgIpc) is 3.21. The number of nitrogens with zero attached hydrogens (tertiary/aromatic N) is 3. The largest absolute Gasteiger partial charge is 0.497 e. The van der Waals surface area contributed by atoms with Crippen LogP contribution in [0.3, 0.4) is 0 Å². The second kappa shape index (κ2) is 9.96. The molecule has 7 nitrogen and oxygen atoms in total. The number of imidazole rings is 1. The van der Waals surface area contributed by atoms with E-state index >= 15 is 0 Å². The number of carbonyl (C=O) groups excluding carboxylic acids is 1. The number of methoxy groups -OCH3 is 1. The van der Waals surface area contributed by atoms with Gasteiger partial charge in [-0.2, -0.15) is 0 Å². The summed E-state index contributed by atoms with van der Waals surface area (Å²) in [5.74, 6) is 2.18. The molecule has 0 radical (unpaired) electrons. The van der Waals surface area contributed by atoms with Crippen LogP contribution >= 0.6 is 0 Å². The van der Waals surface area contributed by atoms with Crippen LogP contribution in [0.25, 0.3) is 11.0 Å². The summed E-state index contributed by atoms with van der Waals surface area (Å²) >= 11 is 0. The molecule has 164 valence electrons. The molecule has 0 saturated heterocycles. The van der Waals surface area contributed by atoms with Crippen molar-refractivity contribution in [2.24, 2.45) is 0 Å². The first-order chi connectivity index (χ1) is 15.7. The van der Waals surface area contributed by atoms with Gasteiger partial charge in [-0.3, -0.25) is 9.78 Å². The number of fused-ring (bicyclic) bond motifs is 1. The highest BCUT2D eigenvalue weighted by atomic mass is 16.5. The molecule has 1 unspecified atom stereocenters. The van der Waals surface area contributed by atoms with Crippen molar-refractivity contribution in [2.75, 3.05) is 13.7 Å². The maximum atomic E-state index is 12.6. The van der Waals surface area contributed by atoms with E-state index in [2.05, 4.69) is 14.9 Å². The Morgan fingerprint density at radius 3 is 2.75 bits per heavy atom. The van der Waals surface area contributed by atoms with Crippen molar-refractivity contribution >= 4 is 16.9 Å². The van der Waals surface area contributed by atoms with Crippen LogP contribution in [-0.2, 0) is 6.54 Å². The van der Waals surface area contributed by atoms with Crippen molar-refractivity contribution in [3.63, 3.8) is 0 Å². The maximum absolute atomic E-state index is 12.6. The Kier molecular flexibility index (Phi) is 6.65. The van der Waals surface area contributed by atoms with Crippen LogP contribution < -0.4 is 14.8 Å². The van der Waals surface area contributed by atoms with Crippen molar-refractivity contribution in [1.82, 2.24) is 19.9 Å². The number of aromatic nitrogens is 3. The predicted octanol–water partition coefficient (Wildman–Crippen LogP) is 4.40. The zero-order chi connectivity index (χ0) is 22.3. The lowest BCUT2D eigenvalue weighted by molar-refractivity contribution is 0.0937. The molecule has 32 heavy (non-hydrogen) atoms. The number of pyridine rings is 1. The highest BCUT2D eigenvalue weighted by Gasteiger charge is 2.19. The Hall–Kier alpha value is -3.87. The molecule has 0 aliphatic heterocycles. The van der Waals surface area contributed by atoms with E-state index in [1.165, 1.54) is 0 Å². The molecule has 0 bridgehead atoms. The normalized spacial score (nSPS) is 11.8. The Bertz CT molecular complexity index is 1190. The summed E-state index contributed by atoms with van der Waals surface area (Å²) in [6, 6.07) is 18.8. The fourth-order valence-corrected chi connectivity index (χ4v) is 3.60. The predicted molar refractivity (Wildman–Crippen MR) is 123 cm³/mol. The maximum Gasteiger partial charge on any atom is 0.253 e. The van der Waals surface area contributed by atoms with Crippen molar-refractivity contribution < 1.29 is 14.3 Å². The standard InChI is InChI=1S/C25H26N4O3/c1-18(27-25(30)19-8-6-13-26-17-19)24-28-22-11-3-4-12-23(22)29(24)14-7-15-32-21-10-5-9-20(16-21)31-2/h3-6,8-13,16-18H,7,14-15H2,1-2H3,(H,27,30). The summed E-state index contributed by atoms with van der Waals surface area (Å²) in [7, 11) is 1.64. The lowest BCUT2D eigenvalue weighted by Gasteiger charge is -2.16. The van der Waals surface area contributed by atoms with Gasteiger partial charge in [-0.1, -0.05) is 18.2 Å². The quantitative estimate of drug-likeness (QED) is 0.398. The fourth-order valence-electron chi connectivity index (χ4n) is 3.60. The van der Waals surface area contributed by atoms with Crippen LogP contribution in [0.1, 0.15) is 35.6 Å². The minimum absolute atomic E-state index is 0.175. The lowest BCUT2D eigenvalue weighted by atomic mass is 10.2. The van der Waals surface area contributed by atoms with Crippen molar-refractivity contribution in [3.8, 4) is 11.5 Å². The number of ether oxygens (including phenoxy) is 2. The third kappa shape index (κ3) is 4.88. The van der Waals surface area contributed by atoms with Crippen LogP contribution in [0, 0.1) is 0 Å². The number of hydrogen-bond donors (Lipinski definition) is 1. The molecule has 2 aromatic heterocycles. The number of benzene rings is 2. The van der Waals surface area contributed by atoms with Crippen LogP contribution in [0.2, 0.25) is 0 Å². The number of hydrogen-bond acceptors (Lipinski definition) is 5. The number of para-hydroxylation sites is 2. The summed E-state index contributed by atoms with van der Waals surface area (Å²) in [5, 5.41) is 3.04. The van der Waals surface area contributed by atoms with E-state index in [1.54, 1.807) is 31.6 Å². The monoisotopic (exact) mass is 430 g/mol. The number of carbonyl (C=O) groups is 1. The smallest absolute Gasteiger partial charge is 0.253 e. The van der Waals surface area contributed by atoms with E-state index in [-0.39, 0.29) is 11.9 Å². The molecule has 0 aliphatic carbocycles. The summed E-state index contributed by atoms with van der Waals surface area (Å²) in [4.78, 5) is 21.4. The number of amides is 1. The second-order valence-corrected chi connectivity index (χ2v) is 7.43. The first kappa shape index (κ1) is 21.4. The average molecular weight is 431 g/mol. The molecule has 4 aromatic rings. The molecule has 1 amide bonds. The zero-order valence-corrected chi connectivity index (χ0v) is 18.2. The van der Waals surface area contributed by atoms with Crippen LogP contribution in [-0.4, -0.2) is 34.2 Å². The third-order valence-electron chi connectivity index (χ3n) is 5.18. The molecule has 2 heterocycles. The van der Waals surface area contributed by atoms with Gasteiger partial charge in [0.25, 0.3) is 5.91 Å². The van der Waals surface area contributed by atoms with Crippen LogP contribution in [0.15, 0.2) is 73.1 Å². The highest BCUT2D eigenvalue weighted by Crippen LogP contribution is 2.22. The van der Waals surface area contributed by atoms with E-state index in [1.807, 2.05) is 55.5 Å². The summed E-state index contributed by atoms with van der Waals surface area (Å²) in [5.41, 5.74) is 2.46. The zero-order valence-electron chi connectivity index (χ0n) is 18.2. The van der Waals surface area contributed by atoms with E-state index in [0.717, 1.165) is 34.8 Å². The van der Waals surface area contributed by atoms with Gasteiger partial charge in [-0.25, -0.2) is 4.98 Å². The first-order valence-corrected chi connectivity index (χ1v) is 10.6. The summed E-state index contributed by atoms with van der Waals surface area (Å²) in [6.07, 6.45) is 3.99. The minimum Gasteiger partial charge on any atom is -0.497 e. The van der Waals surface area contributed by atoms with Crippen molar-refractivity contribution in [2.45, 2.75) is 25.9 Å². The fraction of sp³-hybridized carbons (Fsp3) is 0.240. The molecular formula is C25H26N4O3. The van der Waals surface area contributed by atoms with Gasteiger partial charge >= 0.3 is 0 Å². The van der Waals surface area contributed by atoms with Gasteiger partial charge in [0.05, 0.1) is 36.4 Å². The highest BCUT2D eigenvalue weighted by molar-refractivity contribution is 5.94. The van der Waals surface area contributed by atoms with Gasteiger partial charge in [-0.15, -0.1) is 0 Å². The number of aryl methyl sites for hydroxylation is 1. The van der Waals surface area contributed by atoms with Crippen molar-refractivity contribution in [3.05, 3.63) is 84.4 Å². The van der Waals surface area contributed by atoms with Gasteiger partial charge in [0, 0.05) is 25.0 Å². The third-order valence-corrected chi connectivity index (χ3v) is 5.18. The Morgan fingerprint density at radius 1 is 1.09 bits per heavy atom. The molecule has 2 aromatic carbocycles. The number of nitrogens with one attached hydrogen (secondary N) is 1. The Balaban J connectivity index is 1.46. The molecular weight excluding hydrogens is 404 g/mol.